The third-order valence-electron chi connectivity index (χ3n) is 12.7. The molecule has 0 N–H and O–H groups in total. The van der Waals surface area contributed by atoms with Gasteiger partial charge < -0.3 is 19.0 Å². The first-order valence-electron chi connectivity index (χ1n) is 22.9. The summed E-state index contributed by atoms with van der Waals surface area (Å²) < 4.78 is 15.4. The lowest BCUT2D eigenvalue weighted by molar-refractivity contribution is 0.306. The summed E-state index contributed by atoms with van der Waals surface area (Å²) in [6.07, 6.45) is 1.85. The van der Waals surface area contributed by atoms with Gasteiger partial charge in [-0.3, -0.25) is 0 Å². The van der Waals surface area contributed by atoms with E-state index in [2.05, 4.69) is 235 Å². The number of fused-ring (bicyclic) bond motifs is 6. The second-order valence-electron chi connectivity index (χ2n) is 16.9. The molecule has 0 atom stereocenters. The lowest BCUT2D eigenvalue weighted by Crippen LogP contribution is -2.09. The molecule has 4 nitrogen and oxygen atoms in total. The largest absolute Gasteiger partial charge is 0.489 e. The number of para-hydroxylation sites is 3. The van der Waals surface area contributed by atoms with E-state index in [1.165, 1.54) is 20.2 Å². The van der Waals surface area contributed by atoms with Crippen molar-refractivity contribution in [1.29, 1.82) is 0 Å². The Labute approximate surface area is 399 Å². The van der Waals surface area contributed by atoms with E-state index in [1.807, 2.05) is 35.6 Å². The maximum atomic E-state index is 6.62. The third kappa shape index (κ3) is 7.75. The zero-order valence-corrected chi connectivity index (χ0v) is 37.9. The minimum atomic E-state index is 0.490. The Kier molecular flexibility index (Phi) is 10.6. The summed E-state index contributed by atoms with van der Waals surface area (Å²) in [5, 5.41) is 4.76. The number of rotatable bonds is 12. The van der Waals surface area contributed by atoms with Crippen LogP contribution in [0.3, 0.4) is 0 Å². The molecule has 2 aromatic heterocycles. The molecule has 0 aliphatic rings. The standard InChI is InChI=1S/C63H44N2O2S/c1-2-43-21-23-44(24-22-43)42-66-54-36-33-52(34-37-54)64(48-13-5-3-6-14-48)50-31-27-46(28-32-50)57-39-47(40-60-63(57)56-18-9-11-19-59(56)67-60)45-25-29-51(30-26-45)65(49-15-7-4-8-16-49)53-35-38-62-58(41-53)55-17-10-12-20-61(55)68-62/h2-41H,1,42H2. The molecule has 0 radical (unpaired) electrons. The summed E-state index contributed by atoms with van der Waals surface area (Å²) in [6, 6.07) is 83.9. The molecule has 0 amide bonds. The Morgan fingerprint density at radius 3 is 1.65 bits per heavy atom. The molecule has 0 saturated carbocycles. The first-order valence-corrected chi connectivity index (χ1v) is 23.7. The van der Waals surface area contributed by atoms with Gasteiger partial charge in [-0.05, 0) is 149 Å². The average Bonchev–Trinajstić information content (AvgIpc) is 3.98. The molecule has 0 fully saturated rings. The molecular weight excluding hydrogens is 849 g/mol. The summed E-state index contributed by atoms with van der Waals surface area (Å²) in [4.78, 5) is 4.62. The van der Waals surface area contributed by atoms with Crippen molar-refractivity contribution in [3.8, 4) is 28.0 Å². The highest BCUT2D eigenvalue weighted by molar-refractivity contribution is 7.25. The lowest BCUT2D eigenvalue weighted by Gasteiger charge is -2.26. The highest BCUT2D eigenvalue weighted by atomic mass is 32.1. The van der Waals surface area contributed by atoms with Crippen molar-refractivity contribution in [1.82, 2.24) is 0 Å². The van der Waals surface area contributed by atoms with E-state index in [0.29, 0.717) is 6.61 Å². The normalized spacial score (nSPS) is 11.4. The number of hydrogen-bond donors (Lipinski definition) is 0. The number of benzene rings is 10. The Morgan fingerprint density at radius 1 is 0.426 bits per heavy atom. The number of anilines is 6. The summed E-state index contributed by atoms with van der Waals surface area (Å²) >= 11 is 1.84. The van der Waals surface area contributed by atoms with Crippen molar-refractivity contribution < 1.29 is 9.15 Å². The fourth-order valence-electron chi connectivity index (χ4n) is 9.35. The Hall–Kier alpha value is -8.64. The predicted molar refractivity (Wildman–Crippen MR) is 288 cm³/mol. The Balaban J connectivity index is 0.890. The van der Waals surface area contributed by atoms with Crippen LogP contribution < -0.4 is 14.5 Å². The van der Waals surface area contributed by atoms with Crippen molar-refractivity contribution in [2.45, 2.75) is 6.61 Å². The SMILES string of the molecule is C=Cc1ccc(COc2ccc(N(c3ccccc3)c3ccc(-c4cc(-c5ccc(N(c6ccccc6)c6ccc7sc8ccccc8c7c6)cc5)cc5oc6ccccc6c45)cc3)cc2)cc1. The van der Waals surface area contributed by atoms with Crippen molar-refractivity contribution in [2.75, 3.05) is 9.80 Å². The topological polar surface area (TPSA) is 28.9 Å². The molecule has 0 unspecified atom stereocenters. The van der Waals surface area contributed by atoms with Gasteiger partial charge in [0, 0.05) is 65.1 Å². The van der Waals surface area contributed by atoms with Crippen molar-refractivity contribution >= 4 is 93.6 Å². The van der Waals surface area contributed by atoms with E-state index in [9.17, 15) is 0 Å². The Morgan fingerprint density at radius 2 is 0.971 bits per heavy atom. The van der Waals surface area contributed by atoms with Gasteiger partial charge in [0.25, 0.3) is 0 Å². The quantitative estimate of drug-likeness (QED) is 0.122. The monoisotopic (exact) mass is 892 g/mol. The summed E-state index contributed by atoms with van der Waals surface area (Å²) in [5.74, 6) is 0.814. The molecule has 0 bridgehead atoms. The van der Waals surface area contributed by atoms with Gasteiger partial charge in [-0.2, -0.15) is 0 Å². The molecule has 0 aliphatic carbocycles. The summed E-state index contributed by atoms with van der Waals surface area (Å²) in [6.45, 7) is 4.35. The van der Waals surface area contributed by atoms with E-state index in [1.54, 1.807) is 0 Å². The maximum absolute atomic E-state index is 6.62. The Bertz CT molecular complexity index is 3730. The van der Waals surface area contributed by atoms with E-state index < -0.39 is 0 Å². The fraction of sp³-hybridized carbons (Fsp3) is 0.0159. The van der Waals surface area contributed by atoms with Gasteiger partial charge in [0.1, 0.15) is 23.5 Å². The second-order valence-corrected chi connectivity index (χ2v) is 18.0. The number of hydrogen-bond acceptors (Lipinski definition) is 5. The van der Waals surface area contributed by atoms with Gasteiger partial charge in [0.15, 0.2) is 0 Å². The van der Waals surface area contributed by atoms with Crippen LogP contribution in [0.4, 0.5) is 34.1 Å². The van der Waals surface area contributed by atoms with Gasteiger partial charge in [-0.1, -0.05) is 134 Å². The van der Waals surface area contributed by atoms with Crippen LogP contribution in [0.2, 0.25) is 0 Å². The second kappa shape index (κ2) is 17.6. The van der Waals surface area contributed by atoms with Gasteiger partial charge in [0.05, 0.1) is 0 Å². The van der Waals surface area contributed by atoms with Gasteiger partial charge >= 0.3 is 0 Å². The van der Waals surface area contributed by atoms with Crippen molar-refractivity contribution in [2.24, 2.45) is 0 Å². The van der Waals surface area contributed by atoms with Crippen LogP contribution in [-0.4, -0.2) is 0 Å². The molecule has 2 heterocycles. The van der Waals surface area contributed by atoms with Crippen LogP contribution >= 0.6 is 11.3 Å². The van der Waals surface area contributed by atoms with Crippen LogP contribution in [0.5, 0.6) is 5.75 Å². The van der Waals surface area contributed by atoms with Gasteiger partial charge in [-0.25, -0.2) is 0 Å². The first kappa shape index (κ1) is 40.8. The molecular formula is C63H44N2O2S. The molecule has 0 saturated heterocycles. The minimum absolute atomic E-state index is 0.490. The number of thiophene rings is 1. The molecule has 0 spiro atoms. The van der Waals surface area contributed by atoms with Crippen molar-refractivity contribution in [3.05, 3.63) is 254 Å². The van der Waals surface area contributed by atoms with Crippen LogP contribution in [0.15, 0.2) is 248 Å². The summed E-state index contributed by atoms with van der Waals surface area (Å²) in [7, 11) is 0. The fourth-order valence-corrected chi connectivity index (χ4v) is 10.4. The molecule has 5 heteroatoms. The molecule has 0 aliphatic heterocycles. The molecule has 10 aromatic carbocycles. The lowest BCUT2D eigenvalue weighted by atomic mass is 9.94. The first-order chi connectivity index (χ1) is 33.6. The molecule has 12 aromatic rings. The van der Waals surface area contributed by atoms with Crippen LogP contribution in [0, 0.1) is 0 Å². The third-order valence-corrected chi connectivity index (χ3v) is 13.9. The highest BCUT2D eigenvalue weighted by Crippen LogP contribution is 2.44. The van der Waals surface area contributed by atoms with Crippen molar-refractivity contribution in [3.63, 3.8) is 0 Å². The van der Waals surface area contributed by atoms with Crippen LogP contribution in [-0.2, 0) is 6.61 Å². The highest BCUT2D eigenvalue weighted by Gasteiger charge is 2.19. The zero-order valence-electron chi connectivity index (χ0n) is 37.1. The van der Waals surface area contributed by atoms with E-state index in [4.69, 9.17) is 9.15 Å². The van der Waals surface area contributed by atoms with Crippen LogP contribution in [0.1, 0.15) is 11.1 Å². The van der Waals surface area contributed by atoms with E-state index in [0.717, 1.165) is 95.2 Å². The smallest absolute Gasteiger partial charge is 0.136 e. The van der Waals surface area contributed by atoms with Crippen LogP contribution in [0.25, 0.3) is 70.4 Å². The summed E-state index contributed by atoms with van der Waals surface area (Å²) in [5.41, 5.74) is 14.8. The molecule has 324 valence electrons. The van der Waals surface area contributed by atoms with Gasteiger partial charge in [-0.15, -0.1) is 11.3 Å². The predicted octanol–water partition coefficient (Wildman–Crippen LogP) is 18.4. The van der Waals surface area contributed by atoms with Gasteiger partial charge in [0.2, 0.25) is 0 Å². The average molecular weight is 893 g/mol. The zero-order chi connectivity index (χ0) is 45.4. The van der Waals surface area contributed by atoms with E-state index in [-0.39, 0.29) is 0 Å². The minimum Gasteiger partial charge on any atom is -0.489 e. The number of furan rings is 1. The number of nitrogens with zero attached hydrogens (tertiary/aromatic N) is 2. The van der Waals surface area contributed by atoms with E-state index >= 15 is 0 Å². The molecule has 68 heavy (non-hydrogen) atoms. The number of ether oxygens (including phenoxy) is 1. The molecule has 12 rings (SSSR count). The maximum Gasteiger partial charge on any atom is 0.136 e.